The number of piperidine rings is 1. The highest BCUT2D eigenvalue weighted by Gasteiger charge is 2.17. The van der Waals surface area contributed by atoms with Gasteiger partial charge in [0.2, 0.25) is 0 Å². The van der Waals surface area contributed by atoms with E-state index in [1.807, 2.05) is 0 Å². The van der Waals surface area contributed by atoms with Crippen molar-refractivity contribution in [3.63, 3.8) is 0 Å². The number of thiophene rings is 1. The third kappa shape index (κ3) is 2.56. The fourth-order valence-corrected chi connectivity index (χ4v) is 2.79. The van der Waals surface area contributed by atoms with E-state index < -0.39 is 0 Å². The summed E-state index contributed by atoms with van der Waals surface area (Å²) in [6.45, 7) is 1.17. The highest BCUT2D eigenvalue weighted by molar-refractivity contribution is 7.10. The zero-order valence-corrected chi connectivity index (χ0v) is 9.22. The Morgan fingerprint density at radius 3 is 3.14 bits per heavy atom. The number of rotatable bonds is 3. The van der Waals surface area contributed by atoms with Gasteiger partial charge >= 0.3 is 0 Å². The molecule has 1 aliphatic heterocycles. The molecule has 1 saturated heterocycles. The minimum absolute atomic E-state index is 0.227. The van der Waals surface area contributed by atoms with Crippen LogP contribution in [0.25, 0.3) is 0 Å². The van der Waals surface area contributed by atoms with E-state index in [-0.39, 0.29) is 6.04 Å². The van der Waals surface area contributed by atoms with Gasteiger partial charge in [-0.2, -0.15) is 0 Å². The summed E-state index contributed by atoms with van der Waals surface area (Å²) >= 11 is 1.77. The van der Waals surface area contributed by atoms with Crippen LogP contribution in [0.3, 0.4) is 0 Å². The van der Waals surface area contributed by atoms with Gasteiger partial charge in [0.15, 0.2) is 0 Å². The summed E-state index contributed by atoms with van der Waals surface area (Å²) in [7, 11) is 0. The number of nitrogens with one attached hydrogen (secondary N) is 1. The Morgan fingerprint density at radius 1 is 1.57 bits per heavy atom. The summed E-state index contributed by atoms with van der Waals surface area (Å²) in [5.41, 5.74) is 6.14. The maximum atomic E-state index is 6.14. The molecule has 0 aromatic carbocycles. The van der Waals surface area contributed by atoms with Crippen LogP contribution in [0.4, 0.5) is 0 Å². The molecule has 0 aliphatic carbocycles. The fraction of sp³-hybridized carbons (Fsp3) is 0.636. The van der Waals surface area contributed by atoms with Crippen molar-refractivity contribution in [2.75, 3.05) is 6.54 Å². The van der Waals surface area contributed by atoms with Crippen LogP contribution in [0.1, 0.15) is 36.6 Å². The second kappa shape index (κ2) is 4.91. The molecule has 3 heteroatoms. The molecule has 0 spiro atoms. The van der Waals surface area contributed by atoms with Crippen molar-refractivity contribution in [2.45, 2.75) is 37.8 Å². The smallest absolute Gasteiger partial charge is 0.0404 e. The molecule has 1 aromatic rings. The third-order valence-corrected chi connectivity index (χ3v) is 3.86. The van der Waals surface area contributed by atoms with Crippen LogP contribution in [0.5, 0.6) is 0 Å². The van der Waals surface area contributed by atoms with Crippen LogP contribution in [-0.2, 0) is 0 Å². The van der Waals surface area contributed by atoms with Crippen LogP contribution in [0.2, 0.25) is 0 Å². The van der Waals surface area contributed by atoms with Gasteiger partial charge in [-0.15, -0.1) is 11.3 Å². The Kier molecular flexibility index (Phi) is 3.56. The topological polar surface area (TPSA) is 38.0 Å². The van der Waals surface area contributed by atoms with Crippen LogP contribution >= 0.6 is 11.3 Å². The average Bonchev–Trinajstić information content (AvgIpc) is 2.72. The molecule has 78 valence electrons. The van der Waals surface area contributed by atoms with E-state index in [9.17, 15) is 0 Å². The molecule has 3 N–H and O–H groups in total. The third-order valence-electron chi connectivity index (χ3n) is 2.86. The summed E-state index contributed by atoms with van der Waals surface area (Å²) in [6.07, 6.45) is 5.05. The first-order valence-corrected chi connectivity index (χ1v) is 6.26. The summed E-state index contributed by atoms with van der Waals surface area (Å²) < 4.78 is 0. The minimum atomic E-state index is 0.227. The lowest BCUT2D eigenvalue weighted by molar-refractivity contribution is 0.363. The van der Waals surface area contributed by atoms with Gasteiger partial charge in [0.1, 0.15) is 0 Å². The zero-order valence-electron chi connectivity index (χ0n) is 8.41. The first kappa shape index (κ1) is 10.1. The Balaban J connectivity index is 1.84. The van der Waals surface area contributed by atoms with Crippen molar-refractivity contribution < 1.29 is 0 Å². The van der Waals surface area contributed by atoms with Crippen LogP contribution < -0.4 is 11.1 Å². The lowest BCUT2D eigenvalue weighted by atomic mass is 9.98. The number of hydrogen-bond acceptors (Lipinski definition) is 3. The second-order valence-electron chi connectivity index (χ2n) is 4.00. The molecule has 0 saturated carbocycles. The van der Waals surface area contributed by atoms with Gasteiger partial charge in [0.05, 0.1) is 0 Å². The highest BCUT2D eigenvalue weighted by atomic mass is 32.1. The predicted molar refractivity (Wildman–Crippen MR) is 61.5 cm³/mol. The minimum Gasteiger partial charge on any atom is -0.323 e. The SMILES string of the molecule is NC(CC1CCCCN1)c1cccs1. The van der Waals surface area contributed by atoms with Crippen LogP contribution in [0.15, 0.2) is 17.5 Å². The lowest BCUT2D eigenvalue weighted by Gasteiger charge is -2.25. The van der Waals surface area contributed by atoms with E-state index in [4.69, 9.17) is 5.73 Å². The molecule has 0 radical (unpaired) electrons. The van der Waals surface area contributed by atoms with Gasteiger partial charge in [0, 0.05) is 17.0 Å². The van der Waals surface area contributed by atoms with E-state index in [1.54, 1.807) is 11.3 Å². The van der Waals surface area contributed by atoms with Gasteiger partial charge in [-0.05, 0) is 37.3 Å². The molecule has 2 unspecified atom stereocenters. The molecule has 2 rings (SSSR count). The molecule has 2 atom stereocenters. The van der Waals surface area contributed by atoms with Crippen LogP contribution in [-0.4, -0.2) is 12.6 Å². The van der Waals surface area contributed by atoms with E-state index >= 15 is 0 Å². The molecule has 2 nitrogen and oxygen atoms in total. The number of hydrogen-bond donors (Lipinski definition) is 2. The van der Waals surface area contributed by atoms with Crippen LogP contribution in [0, 0.1) is 0 Å². The summed E-state index contributed by atoms with van der Waals surface area (Å²) in [5, 5.41) is 5.64. The molecular weight excluding hydrogens is 192 g/mol. The van der Waals surface area contributed by atoms with Gasteiger partial charge in [-0.3, -0.25) is 0 Å². The molecule has 1 aromatic heterocycles. The highest BCUT2D eigenvalue weighted by Crippen LogP contribution is 2.23. The standard InChI is InChI=1S/C11H18N2S/c12-10(11-5-3-7-14-11)8-9-4-1-2-6-13-9/h3,5,7,9-10,13H,1-2,4,6,8,12H2. The number of nitrogens with two attached hydrogens (primary N) is 1. The molecule has 1 aliphatic rings. The van der Waals surface area contributed by atoms with Gasteiger partial charge < -0.3 is 11.1 Å². The molecule has 0 amide bonds. The van der Waals surface area contributed by atoms with Gasteiger partial charge in [0.25, 0.3) is 0 Å². The van der Waals surface area contributed by atoms with Gasteiger partial charge in [-0.25, -0.2) is 0 Å². The molecule has 1 fully saturated rings. The summed E-state index contributed by atoms with van der Waals surface area (Å²) in [4.78, 5) is 1.32. The van der Waals surface area contributed by atoms with Crippen molar-refractivity contribution in [3.8, 4) is 0 Å². The summed E-state index contributed by atoms with van der Waals surface area (Å²) in [5.74, 6) is 0. The maximum absolute atomic E-state index is 6.14. The van der Waals surface area contributed by atoms with E-state index in [0.717, 1.165) is 6.42 Å². The molecule has 2 heterocycles. The average molecular weight is 210 g/mol. The first-order chi connectivity index (χ1) is 6.86. The normalized spacial score (nSPS) is 24.8. The quantitative estimate of drug-likeness (QED) is 0.803. The Hall–Kier alpha value is -0.380. The van der Waals surface area contributed by atoms with Crippen molar-refractivity contribution in [3.05, 3.63) is 22.4 Å². The van der Waals surface area contributed by atoms with Crippen molar-refractivity contribution in [2.24, 2.45) is 5.73 Å². The van der Waals surface area contributed by atoms with E-state index in [1.165, 1.54) is 30.7 Å². The van der Waals surface area contributed by atoms with E-state index in [0.29, 0.717) is 6.04 Å². The Bertz CT molecular complexity index is 252. The van der Waals surface area contributed by atoms with Gasteiger partial charge in [-0.1, -0.05) is 12.5 Å². The van der Waals surface area contributed by atoms with Crippen molar-refractivity contribution >= 4 is 11.3 Å². The lowest BCUT2D eigenvalue weighted by Crippen LogP contribution is -2.36. The molecular formula is C11H18N2S. The van der Waals surface area contributed by atoms with Crippen molar-refractivity contribution in [1.29, 1.82) is 0 Å². The Labute approximate surface area is 89.5 Å². The largest absolute Gasteiger partial charge is 0.323 e. The monoisotopic (exact) mass is 210 g/mol. The summed E-state index contributed by atoms with van der Waals surface area (Å²) in [6, 6.07) is 5.08. The maximum Gasteiger partial charge on any atom is 0.0404 e. The zero-order chi connectivity index (χ0) is 9.80. The predicted octanol–water partition coefficient (Wildman–Crippen LogP) is 2.28. The Morgan fingerprint density at radius 2 is 2.50 bits per heavy atom. The van der Waals surface area contributed by atoms with Crippen molar-refractivity contribution in [1.82, 2.24) is 5.32 Å². The molecule has 14 heavy (non-hydrogen) atoms. The second-order valence-corrected chi connectivity index (χ2v) is 4.98. The molecule has 0 bridgehead atoms. The fourth-order valence-electron chi connectivity index (χ4n) is 2.05. The van der Waals surface area contributed by atoms with E-state index in [2.05, 4.69) is 22.8 Å². The first-order valence-electron chi connectivity index (χ1n) is 5.38.